The van der Waals surface area contributed by atoms with Crippen LogP contribution in [-0.2, 0) is 4.74 Å². The highest BCUT2D eigenvalue weighted by Crippen LogP contribution is 2.31. The summed E-state index contributed by atoms with van der Waals surface area (Å²) in [6.45, 7) is 3.64. The third kappa shape index (κ3) is 3.43. The van der Waals surface area contributed by atoms with E-state index in [0.717, 1.165) is 35.2 Å². The zero-order valence-corrected chi connectivity index (χ0v) is 13.3. The molecule has 2 unspecified atom stereocenters. The third-order valence-corrected chi connectivity index (χ3v) is 4.01. The van der Waals surface area contributed by atoms with Crippen molar-refractivity contribution in [3.63, 3.8) is 0 Å². The van der Waals surface area contributed by atoms with Gasteiger partial charge in [-0.05, 0) is 31.0 Å². The smallest absolute Gasteiger partial charge is 0.407 e. The van der Waals surface area contributed by atoms with E-state index >= 15 is 0 Å². The van der Waals surface area contributed by atoms with Crippen molar-refractivity contribution in [3.05, 3.63) is 28.2 Å². The van der Waals surface area contributed by atoms with Crippen LogP contribution in [0.1, 0.15) is 24.9 Å². The number of carbonyl (C=O) groups is 1. The molecule has 1 heterocycles. The molecule has 0 radical (unpaired) electrons. The van der Waals surface area contributed by atoms with E-state index in [0.29, 0.717) is 0 Å². The molecular weight excluding hydrogens is 322 g/mol. The largest absolute Gasteiger partial charge is 0.453 e. The molecule has 1 amide bonds. The Kier molecular flexibility index (Phi) is 4.88. The Balaban J connectivity index is 2.13. The minimum Gasteiger partial charge on any atom is -0.453 e. The van der Waals surface area contributed by atoms with Crippen LogP contribution in [0.2, 0.25) is 0 Å². The van der Waals surface area contributed by atoms with Crippen LogP contribution in [0.25, 0.3) is 0 Å². The van der Waals surface area contributed by atoms with E-state index < -0.39 is 0 Å². The van der Waals surface area contributed by atoms with Crippen molar-refractivity contribution in [2.75, 3.05) is 25.1 Å². The standard InChI is InChI=1S/C14H20BrN3O2/c1-9(16)12-4-3-10(15)7-13(12)18-6-5-11(8-18)17-14(19)20-2/h3-4,7,9,11H,5-6,8,16H2,1-2H3,(H,17,19). The number of nitrogens with one attached hydrogen (secondary N) is 1. The Morgan fingerprint density at radius 3 is 3.00 bits per heavy atom. The van der Waals surface area contributed by atoms with E-state index in [1.807, 2.05) is 19.1 Å². The average Bonchev–Trinajstić information content (AvgIpc) is 2.86. The van der Waals surface area contributed by atoms with Gasteiger partial charge >= 0.3 is 6.09 Å². The molecule has 0 aromatic heterocycles. The van der Waals surface area contributed by atoms with Gasteiger partial charge in [-0.3, -0.25) is 0 Å². The summed E-state index contributed by atoms with van der Waals surface area (Å²) in [5.74, 6) is 0. The molecule has 110 valence electrons. The molecule has 1 aliphatic heterocycles. The highest BCUT2D eigenvalue weighted by Gasteiger charge is 2.26. The zero-order chi connectivity index (χ0) is 14.7. The molecule has 1 fully saturated rings. The van der Waals surface area contributed by atoms with Crippen molar-refractivity contribution >= 4 is 27.7 Å². The normalized spacial score (nSPS) is 19.8. The molecule has 5 nitrogen and oxygen atoms in total. The van der Waals surface area contributed by atoms with E-state index in [4.69, 9.17) is 5.73 Å². The quantitative estimate of drug-likeness (QED) is 0.885. The first-order chi connectivity index (χ1) is 9.51. The van der Waals surface area contributed by atoms with Gasteiger partial charge < -0.3 is 20.7 Å². The number of nitrogens with two attached hydrogens (primary N) is 1. The van der Waals surface area contributed by atoms with Gasteiger partial charge in [0.25, 0.3) is 0 Å². The first-order valence-corrected chi connectivity index (χ1v) is 7.45. The lowest BCUT2D eigenvalue weighted by Gasteiger charge is -2.24. The molecule has 0 saturated carbocycles. The fourth-order valence-corrected chi connectivity index (χ4v) is 2.85. The lowest BCUT2D eigenvalue weighted by molar-refractivity contribution is 0.167. The van der Waals surface area contributed by atoms with Crippen molar-refractivity contribution in [1.29, 1.82) is 0 Å². The minimum absolute atomic E-state index is 0.0225. The second-order valence-electron chi connectivity index (χ2n) is 5.06. The first kappa shape index (κ1) is 15.1. The molecule has 1 aromatic carbocycles. The Morgan fingerprint density at radius 2 is 2.35 bits per heavy atom. The molecule has 1 saturated heterocycles. The Labute approximate surface area is 127 Å². The molecule has 1 aliphatic rings. The highest BCUT2D eigenvalue weighted by molar-refractivity contribution is 9.10. The molecule has 0 bridgehead atoms. The fraction of sp³-hybridized carbons (Fsp3) is 0.500. The predicted octanol–water partition coefficient (Wildman–Crippen LogP) is 2.40. The topological polar surface area (TPSA) is 67.6 Å². The number of nitrogens with zero attached hydrogens (tertiary/aromatic N) is 1. The maximum atomic E-state index is 11.3. The Morgan fingerprint density at radius 1 is 1.60 bits per heavy atom. The first-order valence-electron chi connectivity index (χ1n) is 6.65. The van der Waals surface area contributed by atoms with E-state index in [9.17, 15) is 4.79 Å². The number of methoxy groups -OCH3 is 1. The van der Waals surface area contributed by atoms with Crippen LogP contribution >= 0.6 is 15.9 Å². The second kappa shape index (κ2) is 6.45. The Bertz CT molecular complexity index is 493. The van der Waals surface area contributed by atoms with Gasteiger partial charge in [-0.15, -0.1) is 0 Å². The molecule has 3 N–H and O–H groups in total. The van der Waals surface area contributed by atoms with Gasteiger partial charge in [-0.1, -0.05) is 22.0 Å². The van der Waals surface area contributed by atoms with Gasteiger partial charge in [0, 0.05) is 29.3 Å². The molecule has 1 aromatic rings. The maximum absolute atomic E-state index is 11.3. The summed E-state index contributed by atoms with van der Waals surface area (Å²) in [6.07, 6.45) is 0.526. The van der Waals surface area contributed by atoms with Crippen molar-refractivity contribution in [2.24, 2.45) is 5.73 Å². The van der Waals surface area contributed by atoms with Crippen molar-refractivity contribution in [2.45, 2.75) is 25.4 Å². The number of amides is 1. The van der Waals surface area contributed by atoms with Crippen molar-refractivity contribution in [3.8, 4) is 0 Å². The van der Waals surface area contributed by atoms with Gasteiger partial charge in [-0.25, -0.2) is 4.79 Å². The summed E-state index contributed by atoms with van der Waals surface area (Å²) in [5.41, 5.74) is 8.28. The second-order valence-corrected chi connectivity index (χ2v) is 5.98. The number of benzene rings is 1. The summed E-state index contributed by atoms with van der Waals surface area (Å²) in [7, 11) is 1.38. The Hall–Kier alpha value is -1.27. The summed E-state index contributed by atoms with van der Waals surface area (Å²) in [6, 6.07) is 6.22. The predicted molar refractivity (Wildman–Crippen MR) is 82.9 cm³/mol. The molecule has 6 heteroatoms. The zero-order valence-electron chi connectivity index (χ0n) is 11.7. The number of rotatable bonds is 3. The number of ether oxygens (including phenoxy) is 1. The van der Waals surface area contributed by atoms with Gasteiger partial charge in [0.1, 0.15) is 0 Å². The van der Waals surface area contributed by atoms with Crippen LogP contribution in [0.3, 0.4) is 0 Å². The molecule has 0 aliphatic carbocycles. The average molecular weight is 342 g/mol. The SMILES string of the molecule is COC(=O)NC1CCN(c2cc(Br)ccc2C(C)N)C1. The fourth-order valence-electron chi connectivity index (χ4n) is 2.50. The lowest BCUT2D eigenvalue weighted by Crippen LogP contribution is -2.37. The van der Waals surface area contributed by atoms with Crippen molar-refractivity contribution in [1.82, 2.24) is 5.32 Å². The van der Waals surface area contributed by atoms with Crippen molar-refractivity contribution < 1.29 is 9.53 Å². The number of carbonyl (C=O) groups excluding carboxylic acids is 1. The number of halogens is 1. The van der Waals surface area contributed by atoms with Crippen LogP contribution in [0.15, 0.2) is 22.7 Å². The van der Waals surface area contributed by atoms with E-state index in [2.05, 4.69) is 36.9 Å². The highest BCUT2D eigenvalue weighted by atomic mass is 79.9. The lowest BCUT2D eigenvalue weighted by atomic mass is 10.1. The number of hydrogen-bond acceptors (Lipinski definition) is 4. The third-order valence-electron chi connectivity index (χ3n) is 3.52. The van der Waals surface area contributed by atoms with Gasteiger partial charge in [0.2, 0.25) is 0 Å². The van der Waals surface area contributed by atoms with Crippen LogP contribution < -0.4 is 16.0 Å². The maximum Gasteiger partial charge on any atom is 0.407 e. The van der Waals surface area contributed by atoms with Crippen LogP contribution in [0, 0.1) is 0 Å². The number of alkyl carbamates (subject to hydrolysis) is 1. The molecule has 0 spiro atoms. The molecule has 2 rings (SSSR count). The molecule has 20 heavy (non-hydrogen) atoms. The summed E-state index contributed by atoms with van der Waals surface area (Å²) in [4.78, 5) is 13.5. The van der Waals surface area contributed by atoms with E-state index in [1.54, 1.807) is 0 Å². The summed E-state index contributed by atoms with van der Waals surface area (Å²) in [5, 5.41) is 2.85. The van der Waals surface area contributed by atoms with Gasteiger partial charge in [0.15, 0.2) is 0 Å². The van der Waals surface area contributed by atoms with Crippen LogP contribution in [0.4, 0.5) is 10.5 Å². The van der Waals surface area contributed by atoms with E-state index in [1.165, 1.54) is 7.11 Å². The number of anilines is 1. The molecule has 2 atom stereocenters. The minimum atomic E-state index is -0.376. The van der Waals surface area contributed by atoms with Gasteiger partial charge in [0.05, 0.1) is 13.2 Å². The van der Waals surface area contributed by atoms with Crippen LogP contribution in [0.5, 0.6) is 0 Å². The summed E-state index contributed by atoms with van der Waals surface area (Å²) < 4.78 is 5.67. The number of hydrogen-bond donors (Lipinski definition) is 2. The monoisotopic (exact) mass is 341 g/mol. The molecular formula is C14H20BrN3O2. The van der Waals surface area contributed by atoms with Gasteiger partial charge in [-0.2, -0.15) is 0 Å². The van der Waals surface area contributed by atoms with Crippen LogP contribution in [-0.4, -0.2) is 32.3 Å². The summed E-state index contributed by atoms with van der Waals surface area (Å²) >= 11 is 3.50. The van der Waals surface area contributed by atoms with E-state index in [-0.39, 0.29) is 18.2 Å².